The Morgan fingerprint density at radius 3 is 2.55 bits per heavy atom. The molecular formula is C13H18N4O2S. The number of anilines is 1. The number of rotatable bonds is 7. The van der Waals surface area contributed by atoms with E-state index >= 15 is 0 Å². The lowest BCUT2D eigenvalue weighted by Gasteiger charge is -2.07. The van der Waals surface area contributed by atoms with Crippen molar-refractivity contribution >= 4 is 15.7 Å². The smallest absolute Gasteiger partial charge is 0.238 e. The summed E-state index contributed by atoms with van der Waals surface area (Å²) in [6, 6.07) is 6.44. The number of nitrogens with zero attached hydrogens (tertiary/aromatic N) is 2. The molecule has 0 atom stereocenters. The summed E-state index contributed by atoms with van der Waals surface area (Å²) in [5.74, 6) is 0. The van der Waals surface area contributed by atoms with E-state index in [-0.39, 0.29) is 4.90 Å². The number of sulfonamides is 1. The molecular weight excluding hydrogens is 276 g/mol. The van der Waals surface area contributed by atoms with Crippen LogP contribution in [0.15, 0.2) is 47.9 Å². The summed E-state index contributed by atoms with van der Waals surface area (Å²) in [6.45, 7) is 1.79. The van der Waals surface area contributed by atoms with E-state index in [1.54, 1.807) is 24.7 Å². The predicted molar refractivity (Wildman–Crippen MR) is 77.8 cm³/mol. The number of unbranched alkanes of at least 4 members (excludes halogenated alkanes) is 1. The molecule has 108 valence electrons. The fourth-order valence-electron chi connectivity index (χ4n) is 1.83. The van der Waals surface area contributed by atoms with Crippen molar-refractivity contribution in [2.75, 3.05) is 11.9 Å². The third-order valence-corrected chi connectivity index (χ3v) is 3.84. The minimum absolute atomic E-state index is 0.128. The summed E-state index contributed by atoms with van der Waals surface area (Å²) < 4.78 is 24.3. The van der Waals surface area contributed by atoms with Crippen molar-refractivity contribution in [3.8, 4) is 0 Å². The molecule has 1 aromatic carbocycles. The Bertz CT molecular complexity index is 621. The molecule has 0 radical (unpaired) electrons. The molecule has 0 aliphatic carbocycles. The Morgan fingerprint density at radius 2 is 1.95 bits per heavy atom. The molecule has 3 N–H and O–H groups in total. The zero-order chi connectivity index (χ0) is 14.4. The van der Waals surface area contributed by atoms with Crippen LogP contribution >= 0.6 is 0 Å². The molecule has 0 unspecified atom stereocenters. The van der Waals surface area contributed by atoms with Gasteiger partial charge in [0.05, 0.1) is 11.2 Å². The maximum Gasteiger partial charge on any atom is 0.238 e. The summed E-state index contributed by atoms with van der Waals surface area (Å²) in [5, 5.41) is 8.28. The summed E-state index contributed by atoms with van der Waals surface area (Å²) >= 11 is 0. The first kappa shape index (κ1) is 14.5. The lowest BCUT2D eigenvalue weighted by Crippen LogP contribution is -2.12. The van der Waals surface area contributed by atoms with Gasteiger partial charge >= 0.3 is 0 Å². The fourth-order valence-corrected chi connectivity index (χ4v) is 2.35. The second-order valence-corrected chi connectivity index (χ2v) is 6.07. The van der Waals surface area contributed by atoms with Gasteiger partial charge in [-0.1, -0.05) is 0 Å². The molecule has 0 saturated carbocycles. The highest BCUT2D eigenvalue weighted by Gasteiger charge is 2.06. The fraction of sp³-hybridized carbons (Fsp3) is 0.308. The van der Waals surface area contributed by atoms with Crippen LogP contribution < -0.4 is 10.5 Å². The van der Waals surface area contributed by atoms with Crippen LogP contribution in [-0.4, -0.2) is 24.5 Å². The molecule has 0 saturated heterocycles. The predicted octanol–water partition coefficient (Wildman–Crippen LogP) is 1.42. The molecule has 20 heavy (non-hydrogen) atoms. The number of nitrogens with two attached hydrogens (primary N) is 1. The maximum absolute atomic E-state index is 11.1. The van der Waals surface area contributed by atoms with Crippen LogP contribution in [0.3, 0.4) is 0 Å². The molecule has 1 heterocycles. The van der Waals surface area contributed by atoms with Gasteiger partial charge in [0.1, 0.15) is 0 Å². The van der Waals surface area contributed by atoms with Crippen molar-refractivity contribution in [1.29, 1.82) is 0 Å². The topological polar surface area (TPSA) is 90.0 Å². The number of benzene rings is 1. The third-order valence-electron chi connectivity index (χ3n) is 2.91. The molecule has 0 aliphatic rings. The van der Waals surface area contributed by atoms with Crippen molar-refractivity contribution < 1.29 is 8.42 Å². The minimum atomic E-state index is -3.61. The Labute approximate surface area is 118 Å². The van der Waals surface area contributed by atoms with Gasteiger partial charge in [0.15, 0.2) is 0 Å². The van der Waals surface area contributed by atoms with E-state index in [1.165, 1.54) is 12.1 Å². The van der Waals surface area contributed by atoms with Crippen LogP contribution in [0.2, 0.25) is 0 Å². The highest BCUT2D eigenvalue weighted by molar-refractivity contribution is 7.89. The number of hydrogen-bond donors (Lipinski definition) is 2. The number of primary sulfonamides is 1. The van der Waals surface area contributed by atoms with Crippen molar-refractivity contribution in [3.05, 3.63) is 43.0 Å². The van der Waals surface area contributed by atoms with Crippen LogP contribution in [0.1, 0.15) is 12.8 Å². The Morgan fingerprint density at radius 1 is 1.20 bits per heavy atom. The monoisotopic (exact) mass is 294 g/mol. The van der Waals surface area contributed by atoms with Gasteiger partial charge in [0.25, 0.3) is 0 Å². The standard InChI is InChI=1S/C13H18N4O2S/c14-20(18,19)13-5-3-12(4-6-13)16-7-1-2-9-17-10-8-15-11-17/h3-6,8,10-11,16H,1-2,7,9H2,(H2,14,18,19). The molecule has 6 nitrogen and oxygen atoms in total. The molecule has 0 fully saturated rings. The first-order chi connectivity index (χ1) is 9.55. The van der Waals surface area contributed by atoms with E-state index in [0.29, 0.717) is 0 Å². The van der Waals surface area contributed by atoms with E-state index in [1.807, 2.05) is 10.8 Å². The SMILES string of the molecule is NS(=O)(=O)c1ccc(NCCCCn2ccnc2)cc1. The van der Waals surface area contributed by atoms with Crippen LogP contribution in [-0.2, 0) is 16.6 Å². The quantitative estimate of drug-likeness (QED) is 0.756. The van der Waals surface area contributed by atoms with Crippen molar-refractivity contribution in [2.24, 2.45) is 5.14 Å². The Balaban J connectivity index is 1.72. The average molecular weight is 294 g/mol. The van der Waals surface area contributed by atoms with Crippen LogP contribution in [0.25, 0.3) is 0 Å². The van der Waals surface area contributed by atoms with Gasteiger partial charge in [-0.15, -0.1) is 0 Å². The lowest BCUT2D eigenvalue weighted by atomic mass is 10.3. The third kappa shape index (κ3) is 4.36. The van der Waals surface area contributed by atoms with Gasteiger partial charge in [0, 0.05) is 31.2 Å². The van der Waals surface area contributed by atoms with E-state index in [0.717, 1.165) is 31.6 Å². The van der Waals surface area contributed by atoms with Crippen molar-refractivity contribution in [1.82, 2.24) is 9.55 Å². The molecule has 0 aliphatic heterocycles. The number of nitrogens with one attached hydrogen (secondary N) is 1. The Hall–Kier alpha value is -1.86. The van der Waals surface area contributed by atoms with E-state index < -0.39 is 10.0 Å². The van der Waals surface area contributed by atoms with E-state index in [4.69, 9.17) is 5.14 Å². The van der Waals surface area contributed by atoms with Crippen LogP contribution in [0.5, 0.6) is 0 Å². The molecule has 0 amide bonds. The average Bonchev–Trinajstić information content (AvgIpc) is 2.91. The second-order valence-electron chi connectivity index (χ2n) is 4.50. The number of imidazole rings is 1. The molecule has 1 aromatic heterocycles. The minimum Gasteiger partial charge on any atom is -0.385 e. The van der Waals surface area contributed by atoms with Crippen LogP contribution in [0, 0.1) is 0 Å². The number of hydrogen-bond acceptors (Lipinski definition) is 4. The normalized spacial score (nSPS) is 11.4. The number of aryl methyl sites for hydroxylation is 1. The second kappa shape index (κ2) is 6.53. The zero-order valence-corrected chi connectivity index (χ0v) is 11.9. The van der Waals surface area contributed by atoms with Gasteiger partial charge in [-0.3, -0.25) is 0 Å². The number of aromatic nitrogens is 2. The highest BCUT2D eigenvalue weighted by Crippen LogP contribution is 2.12. The molecule has 0 spiro atoms. The Kier molecular flexibility index (Phi) is 4.75. The largest absolute Gasteiger partial charge is 0.385 e. The van der Waals surface area contributed by atoms with Gasteiger partial charge < -0.3 is 9.88 Å². The maximum atomic E-state index is 11.1. The van der Waals surface area contributed by atoms with Crippen molar-refractivity contribution in [3.63, 3.8) is 0 Å². The van der Waals surface area contributed by atoms with Gasteiger partial charge in [-0.2, -0.15) is 0 Å². The summed E-state index contributed by atoms with van der Waals surface area (Å²) in [4.78, 5) is 4.11. The zero-order valence-electron chi connectivity index (χ0n) is 11.1. The molecule has 2 aromatic rings. The van der Waals surface area contributed by atoms with E-state index in [9.17, 15) is 8.42 Å². The summed E-state index contributed by atoms with van der Waals surface area (Å²) in [7, 11) is -3.61. The van der Waals surface area contributed by atoms with Crippen molar-refractivity contribution in [2.45, 2.75) is 24.3 Å². The van der Waals surface area contributed by atoms with Crippen LogP contribution in [0.4, 0.5) is 5.69 Å². The van der Waals surface area contributed by atoms with Gasteiger partial charge in [0.2, 0.25) is 10.0 Å². The lowest BCUT2D eigenvalue weighted by molar-refractivity contribution is 0.598. The molecule has 0 bridgehead atoms. The first-order valence-electron chi connectivity index (χ1n) is 6.38. The summed E-state index contributed by atoms with van der Waals surface area (Å²) in [5.41, 5.74) is 0.889. The van der Waals surface area contributed by atoms with Gasteiger partial charge in [-0.25, -0.2) is 18.5 Å². The molecule has 7 heteroatoms. The highest BCUT2D eigenvalue weighted by atomic mass is 32.2. The molecule has 2 rings (SSSR count). The van der Waals surface area contributed by atoms with Gasteiger partial charge in [-0.05, 0) is 37.1 Å². The first-order valence-corrected chi connectivity index (χ1v) is 7.93. The van der Waals surface area contributed by atoms with E-state index in [2.05, 4.69) is 10.3 Å². The summed E-state index contributed by atoms with van der Waals surface area (Å²) in [6.07, 6.45) is 7.60.